The number of aromatic nitrogens is 2. The van der Waals surface area contributed by atoms with Gasteiger partial charge in [-0.2, -0.15) is 0 Å². The molecule has 0 aliphatic carbocycles. The molecule has 1 fully saturated rings. The van der Waals surface area contributed by atoms with Gasteiger partial charge in [0, 0.05) is 24.4 Å². The molecule has 1 aliphatic rings. The van der Waals surface area contributed by atoms with Crippen LogP contribution in [0.4, 0.5) is 0 Å². The van der Waals surface area contributed by atoms with E-state index in [4.69, 9.17) is 0 Å². The predicted octanol–water partition coefficient (Wildman–Crippen LogP) is 2.67. The molecule has 18 heavy (non-hydrogen) atoms. The first kappa shape index (κ1) is 13.1. The Balaban J connectivity index is 2.15. The van der Waals surface area contributed by atoms with Gasteiger partial charge in [0.2, 0.25) is 5.91 Å². The number of imidazole rings is 1. The van der Waals surface area contributed by atoms with Gasteiger partial charge in [0.05, 0.1) is 6.04 Å². The van der Waals surface area contributed by atoms with Crippen LogP contribution in [0.3, 0.4) is 0 Å². The fraction of sp³-hybridized carbons (Fsp3) is 0.714. The quantitative estimate of drug-likeness (QED) is 0.895. The van der Waals surface area contributed by atoms with E-state index >= 15 is 0 Å². The molecule has 1 aromatic heterocycles. The van der Waals surface area contributed by atoms with Gasteiger partial charge >= 0.3 is 0 Å². The van der Waals surface area contributed by atoms with Crippen molar-refractivity contribution in [1.29, 1.82) is 0 Å². The number of H-pyrrole nitrogens is 1. The van der Waals surface area contributed by atoms with Gasteiger partial charge in [-0.3, -0.25) is 4.79 Å². The number of aryl methyl sites for hydroxylation is 1. The Bertz CT molecular complexity index is 424. The summed E-state index contributed by atoms with van der Waals surface area (Å²) in [5.41, 5.74) is 1.06. The summed E-state index contributed by atoms with van der Waals surface area (Å²) < 4.78 is 0. The Morgan fingerprint density at radius 1 is 1.50 bits per heavy atom. The fourth-order valence-electron chi connectivity index (χ4n) is 2.46. The molecule has 0 unspecified atom stereocenters. The van der Waals surface area contributed by atoms with Crippen LogP contribution in [-0.2, 0) is 4.79 Å². The van der Waals surface area contributed by atoms with E-state index in [0.717, 1.165) is 30.9 Å². The molecule has 1 amide bonds. The molecule has 1 aromatic rings. The van der Waals surface area contributed by atoms with Crippen molar-refractivity contribution >= 4 is 5.91 Å². The minimum Gasteiger partial charge on any atom is -0.344 e. The Hall–Kier alpha value is -1.32. The summed E-state index contributed by atoms with van der Waals surface area (Å²) in [5, 5.41) is 0. The maximum Gasteiger partial charge on any atom is 0.226 e. The Morgan fingerprint density at radius 2 is 2.22 bits per heavy atom. The molecule has 0 saturated carbocycles. The highest BCUT2D eigenvalue weighted by molar-refractivity contribution is 5.79. The highest BCUT2D eigenvalue weighted by Crippen LogP contribution is 2.32. The maximum absolute atomic E-state index is 12.5. The average Bonchev–Trinajstić information content (AvgIpc) is 2.94. The van der Waals surface area contributed by atoms with Gasteiger partial charge in [0.25, 0.3) is 0 Å². The number of carbonyl (C=O) groups excluding carboxylic acids is 1. The lowest BCUT2D eigenvalue weighted by Gasteiger charge is -2.27. The van der Waals surface area contributed by atoms with E-state index in [-0.39, 0.29) is 17.9 Å². The standard InChI is InChI=1S/C14H23N3O/c1-9(2)11(4)14(18)17-7-5-6-12(17)13-15-8-10(3)16-13/h8-9,11-12H,5-7H2,1-4H3,(H,15,16)/t11-,12-/m0/s1. The maximum atomic E-state index is 12.5. The van der Waals surface area contributed by atoms with E-state index in [9.17, 15) is 4.79 Å². The zero-order valence-corrected chi connectivity index (χ0v) is 11.7. The van der Waals surface area contributed by atoms with E-state index in [2.05, 4.69) is 23.8 Å². The van der Waals surface area contributed by atoms with Crippen LogP contribution < -0.4 is 0 Å². The molecule has 4 nitrogen and oxygen atoms in total. The molecule has 1 aliphatic heterocycles. The monoisotopic (exact) mass is 249 g/mol. The van der Waals surface area contributed by atoms with Crippen molar-refractivity contribution in [2.45, 2.75) is 46.6 Å². The summed E-state index contributed by atoms with van der Waals surface area (Å²) >= 11 is 0. The van der Waals surface area contributed by atoms with Crippen molar-refractivity contribution < 1.29 is 4.79 Å². The number of rotatable bonds is 3. The van der Waals surface area contributed by atoms with Crippen molar-refractivity contribution in [2.75, 3.05) is 6.54 Å². The van der Waals surface area contributed by atoms with Crippen molar-refractivity contribution in [3.63, 3.8) is 0 Å². The molecule has 1 N–H and O–H groups in total. The predicted molar refractivity (Wildman–Crippen MR) is 71.0 cm³/mol. The third-order valence-corrected chi connectivity index (χ3v) is 3.96. The molecular formula is C14H23N3O. The van der Waals surface area contributed by atoms with Crippen LogP contribution in [0.2, 0.25) is 0 Å². The van der Waals surface area contributed by atoms with E-state index in [1.165, 1.54) is 0 Å². The molecule has 0 radical (unpaired) electrons. The van der Waals surface area contributed by atoms with Crippen molar-refractivity contribution in [3.8, 4) is 0 Å². The van der Waals surface area contributed by atoms with Gasteiger partial charge in [0.1, 0.15) is 5.82 Å². The van der Waals surface area contributed by atoms with Crippen LogP contribution in [-0.4, -0.2) is 27.3 Å². The zero-order chi connectivity index (χ0) is 13.3. The number of nitrogens with zero attached hydrogens (tertiary/aromatic N) is 2. The summed E-state index contributed by atoms with van der Waals surface area (Å²) in [4.78, 5) is 22.1. The first-order chi connectivity index (χ1) is 8.50. The van der Waals surface area contributed by atoms with Gasteiger partial charge in [-0.05, 0) is 25.7 Å². The third kappa shape index (κ3) is 2.42. The largest absolute Gasteiger partial charge is 0.344 e. The second-order valence-electron chi connectivity index (χ2n) is 5.67. The van der Waals surface area contributed by atoms with E-state index < -0.39 is 0 Å². The number of amides is 1. The van der Waals surface area contributed by atoms with Crippen LogP contribution in [0.15, 0.2) is 6.20 Å². The average molecular weight is 249 g/mol. The second-order valence-corrected chi connectivity index (χ2v) is 5.67. The lowest BCUT2D eigenvalue weighted by atomic mass is 9.96. The summed E-state index contributed by atoms with van der Waals surface area (Å²) in [5.74, 6) is 1.68. The fourth-order valence-corrected chi connectivity index (χ4v) is 2.46. The van der Waals surface area contributed by atoms with Gasteiger partial charge in [-0.25, -0.2) is 4.98 Å². The summed E-state index contributed by atoms with van der Waals surface area (Å²) in [6.07, 6.45) is 3.92. The van der Waals surface area contributed by atoms with Crippen LogP contribution >= 0.6 is 0 Å². The molecule has 0 aromatic carbocycles. The van der Waals surface area contributed by atoms with Gasteiger partial charge < -0.3 is 9.88 Å². The second kappa shape index (κ2) is 5.12. The number of aromatic amines is 1. The number of hydrogen-bond donors (Lipinski definition) is 1. The van der Waals surface area contributed by atoms with Crippen LogP contribution in [0.1, 0.15) is 51.2 Å². The van der Waals surface area contributed by atoms with Gasteiger partial charge in [-0.1, -0.05) is 20.8 Å². The first-order valence-corrected chi connectivity index (χ1v) is 6.82. The number of likely N-dealkylation sites (tertiary alicyclic amines) is 1. The molecular weight excluding hydrogens is 226 g/mol. The SMILES string of the molecule is Cc1cnc([C@@H]2CCCN2C(=O)[C@@H](C)C(C)C)[nH]1. The lowest BCUT2D eigenvalue weighted by molar-refractivity contribution is -0.137. The molecule has 2 rings (SSSR count). The first-order valence-electron chi connectivity index (χ1n) is 6.82. The highest BCUT2D eigenvalue weighted by Gasteiger charge is 2.34. The Morgan fingerprint density at radius 3 is 2.78 bits per heavy atom. The smallest absolute Gasteiger partial charge is 0.226 e. The summed E-state index contributed by atoms with van der Waals surface area (Å²) in [6.45, 7) is 9.08. The topological polar surface area (TPSA) is 49.0 Å². The molecule has 0 spiro atoms. The number of hydrogen-bond acceptors (Lipinski definition) is 2. The molecule has 0 bridgehead atoms. The molecule has 4 heteroatoms. The van der Waals surface area contributed by atoms with E-state index in [1.54, 1.807) is 0 Å². The van der Waals surface area contributed by atoms with E-state index in [1.807, 2.05) is 24.9 Å². The number of nitrogens with one attached hydrogen (secondary N) is 1. The van der Waals surface area contributed by atoms with E-state index in [0.29, 0.717) is 5.92 Å². The van der Waals surface area contributed by atoms with Crippen LogP contribution in [0.25, 0.3) is 0 Å². The van der Waals surface area contributed by atoms with Crippen LogP contribution in [0, 0.1) is 18.8 Å². The van der Waals surface area contributed by atoms with Crippen LogP contribution in [0.5, 0.6) is 0 Å². The minimum absolute atomic E-state index is 0.0849. The normalized spacial score (nSPS) is 21.6. The summed E-state index contributed by atoms with van der Waals surface area (Å²) in [7, 11) is 0. The van der Waals surface area contributed by atoms with Crippen molar-refractivity contribution in [1.82, 2.24) is 14.9 Å². The Labute approximate surface area is 109 Å². The molecule has 100 valence electrons. The Kier molecular flexibility index (Phi) is 3.73. The third-order valence-electron chi connectivity index (χ3n) is 3.96. The lowest BCUT2D eigenvalue weighted by Crippen LogP contribution is -2.36. The van der Waals surface area contributed by atoms with Gasteiger partial charge in [0.15, 0.2) is 0 Å². The molecule has 2 heterocycles. The molecule has 2 atom stereocenters. The van der Waals surface area contributed by atoms with Gasteiger partial charge in [-0.15, -0.1) is 0 Å². The van der Waals surface area contributed by atoms with Crippen molar-refractivity contribution in [3.05, 3.63) is 17.7 Å². The highest BCUT2D eigenvalue weighted by atomic mass is 16.2. The van der Waals surface area contributed by atoms with Crippen molar-refractivity contribution in [2.24, 2.45) is 11.8 Å². The summed E-state index contributed by atoms with van der Waals surface area (Å²) in [6, 6.07) is 0.146. The molecule has 1 saturated heterocycles. The zero-order valence-electron chi connectivity index (χ0n) is 11.7. The minimum atomic E-state index is 0.0849. The number of carbonyl (C=O) groups is 1.